The fraction of sp³-hybridized carbons (Fsp3) is 1.00. The van der Waals surface area contributed by atoms with Gasteiger partial charge >= 0.3 is 0 Å². The van der Waals surface area contributed by atoms with Crippen LogP contribution in [0.25, 0.3) is 0 Å². The van der Waals surface area contributed by atoms with Crippen molar-refractivity contribution in [3.63, 3.8) is 0 Å². The average molecular weight is 206 g/mol. The number of rotatable bonds is 8. The lowest BCUT2D eigenvalue weighted by molar-refractivity contribution is -0.0340. The summed E-state index contributed by atoms with van der Waals surface area (Å²) < 4.78 is 10.5. The Bertz CT molecular complexity index is 111. The Morgan fingerprint density at radius 1 is 1.00 bits per heavy atom. The molecule has 86 valence electrons. The maximum Gasteiger partial charge on any atom is 0.0780 e. The van der Waals surface area contributed by atoms with Crippen LogP contribution in [0.4, 0.5) is 0 Å². The summed E-state index contributed by atoms with van der Waals surface area (Å²) >= 11 is 0. The van der Waals surface area contributed by atoms with E-state index in [9.17, 15) is 0 Å². The molecular weight excluding hydrogens is 184 g/mol. The van der Waals surface area contributed by atoms with Gasteiger partial charge in [-0.05, 0) is 27.2 Å². The van der Waals surface area contributed by atoms with E-state index in [4.69, 9.17) is 19.7 Å². The van der Waals surface area contributed by atoms with Crippen LogP contribution in [0.3, 0.4) is 0 Å². The minimum Gasteiger partial charge on any atom is -0.393 e. The molecule has 0 fully saturated rings. The fourth-order valence-electron chi connectivity index (χ4n) is 0.892. The molecule has 2 N–H and O–H groups in total. The molecule has 3 unspecified atom stereocenters. The van der Waals surface area contributed by atoms with Gasteiger partial charge in [0.2, 0.25) is 0 Å². The van der Waals surface area contributed by atoms with Gasteiger partial charge in [-0.1, -0.05) is 0 Å². The highest BCUT2D eigenvalue weighted by Gasteiger charge is 2.04. The molecule has 4 heteroatoms. The molecule has 0 aliphatic rings. The van der Waals surface area contributed by atoms with E-state index < -0.39 is 6.10 Å². The molecule has 0 amide bonds. The Balaban J connectivity index is 3.23. The Morgan fingerprint density at radius 2 is 1.64 bits per heavy atom. The van der Waals surface area contributed by atoms with Crippen molar-refractivity contribution in [3.05, 3.63) is 0 Å². The summed E-state index contributed by atoms with van der Waals surface area (Å²) in [5, 5.41) is 17.9. The van der Waals surface area contributed by atoms with Crippen molar-refractivity contribution in [2.75, 3.05) is 19.8 Å². The van der Waals surface area contributed by atoms with Gasteiger partial charge in [-0.2, -0.15) is 0 Å². The Morgan fingerprint density at radius 3 is 2.14 bits per heavy atom. The molecule has 0 saturated carbocycles. The quantitative estimate of drug-likeness (QED) is 0.609. The minimum atomic E-state index is -0.431. The molecule has 0 aliphatic carbocycles. The zero-order valence-corrected chi connectivity index (χ0v) is 9.27. The molecule has 0 radical (unpaired) electrons. The molecule has 0 saturated heterocycles. The first-order chi connectivity index (χ1) is 6.52. The second-order valence-electron chi connectivity index (χ2n) is 3.71. The number of aliphatic hydroxyl groups excluding tert-OH is 2. The zero-order valence-electron chi connectivity index (χ0n) is 9.27. The topological polar surface area (TPSA) is 58.9 Å². The van der Waals surface area contributed by atoms with Gasteiger partial charge in [0, 0.05) is 6.61 Å². The number of aliphatic hydroxyl groups is 2. The van der Waals surface area contributed by atoms with E-state index in [1.165, 1.54) is 0 Å². The van der Waals surface area contributed by atoms with Crippen molar-refractivity contribution < 1.29 is 19.7 Å². The summed E-state index contributed by atoms with van der Waals surface area (Å²) in [6.07, 6.45) is -0.103. The number of hydrogen-bond donors (Lipinski definition) is 2. The molecule has 0 aromatic heterocycles. The van der Waals surface area contributed by atoms with Crippen LogP contribution in [0.2, 0.25) is 0 Å². The standard InChI is InChI=1S/C10H22O4/c1-8(11)4-5-14-10(3)7-13-6-9(2)12/h8-12H,4-7H2,1-3H3. The van der Waals surface area contributed by atoms with Crippen molar-refractivity contribution in [2.45, 2.75) is 45.5 Å². The second-order valence-corrected chi connectivity index (χ2v) is 3.71. The van der Waals surface area contributed by atoms with E-state index in [0.29, 0.717) is 26.2 Å². The van der Waals surface area contributed by atoms with Crippen molar-refractivity contribution >= 4 is 0 Å². The smallest absolute Gasteiger partial charge is 0.0780 e. The van der Waals surface area contributed by atoms with Crippen LogP contribution in [0.1, 0.15) is 27.2 Å². The Kier molecular flexibility index (Phi) is 8.08. The van der Waals surface area contributed by atoms with E-state index in [1.54, 1.807) is 13.8 Å². The van der Waals surface area contributed by atoms with Gasteiger partial charge in [-0.3, -0.25) is 0 Å². The Hall–Kier alpha value is -0.160. The molecule has 14 heavy (non-hydrogen) atoms. The van der Waals surface area contributed by atoms with Crippen LogP contribution in [0, 0.1) is 0 Å². The normalized spacial score (nSPS) is 17.8. The summed E-state index contributed by atoms with van der Waals surface area (Å²) in [6.45, 7) is 6.67. The van der Waals surface area contributed by atoms with Gasteiger partial charge in [0.25, 0.3) is 0 Å². The zero-order chi connectivity index (χ0) is 11.0. The highest BCUT2D eigenvalue weighted by atomic mass is 16.5. The van der Waals surface area contributed by atoms with Gasteiger partial charge < -0.3 is 19.7 Å². The average Bonchev–Trinajstić information content (AvgIpc) is 2.02. The molecule has 0 aromatic rings. The van der Waals surface area contributed by atoms with E-state index in [1.807, 2.05) is 6.92 Å². The maximum absolute atomic E-state index is 8.97. The van der Waals surface area contributed by atoms with Crippen LogP contribution >= 0.6 is 0 Å². The van der Waals surface area contributed by atoms with Crippen LogP contribution in [-0.4, -0.2) is 48.3 Å². The first-order valence-corrected chi connectivity index (χ1v) is 5.07. The van der Waals surface area contributed by atoms with E-state index in [-0.39, 0.29) is 12.2 Å². The third-order valence-corrected chi connectivity index (χ3v) is 1.65. The molecule has 0 aliphatic heterocycles. The van der Waals surface area contributed by atoms with Gasteiger partial charge in [-0.15, -0.1) is 0 Å². The molecular formula is C10H22O4. The highest BCUT2D eigenvalue weighted by Crippen LogP contribution is 1.97. The summed E-state index contributed by atoms with van der Waals surface area (Å²) in [6, 6.07) is 0. The van der Waals surface area contributed by atoms with E-state index in [2.05, 4.69) is 0 Å². The third-order valence-electron chi connectivity index (χ3n) is 1.65. The van der Waals surface area contributed by atoms with Gasteiger partial charge in [-0.25, -0.2) is 0 Å². The van der Waals surface area contributed by atoms with Crippen LogP contribution < -0.4 is 0 Å². The van der Waals surface area contributed by atoms with Crippen LogP contribution in [-0.2, 0) is 9.47 Å². The van der Waals surface area contributed by atoms with Gasteiger partial charge in [0.05, 0.1) is 31.5 Å². The van der Waals surface area contributed by atoms with Crippen molar-refractivity contribution in [2.24, 2.45) is 0 Å². The van der Waals surface area contributed by atoms with Gasteiger partial charge in [0.1, 0.15) is 0 Å². The monoisotopic (exact) mass is 206 g/mol. The lowest BCUT2D eigenvalue weighted by atomic mass is 10.3. The predicted molar refractivity (Wildman–Crippen MR) is 54.2 cm³/mol. The molecule has 0 rings (SSSR count). The fourth-order valence-corrected chi connectivity index (χ4v) is 0.892. The summed E-state index contributed by atoms with van der Waals surface area (Å²) in [4.78, 5) is 0. The maximum atomic E-state index is 8.97. The summed E-state index contributed by atoms with van der Waals surface area (Å²) in [5.41, 5.74) is 0. The SMILES string of the molecule is CC(O)CCOC(C)COCC(C)O. The minimum absolute atomic E-state index is 0.00694. The van der Waals surface area contributed by atoms with Crippen LogP contribution in [0.15, 0.2) is 0 Å². The molecule has 0 aromatic carbocycles. The first kappa shape index (κ1) is 13.8. The molecule has 3 atom stereocenters. The molecule has 0 bridgehead atoms. The lowest BCUT2D eigenvalue weighted by Crippen LogP contribution is -2.21. The molecule has 0 spiro atoms. The number of ether oxygens (including phenoxy) is 2. The van der Waals surface area contributed by atoms with Crippen molar-refractivity contribution in [3.8, 4) is 0 Å². The van der Waals surface area contributed by atoms with E-state index in [0.717, 1.165) is 0 Å². The molecule has 4 nitrogen and oxygen atoms in total. The molecule has 0 heterocycles. The highest BCUT2D eigenvalue weighted by molar-refractivity contribution is 4.51. The predicted octanol–water partition coefficient (Wildman–Crippen LogP) is 0.560. The van der Waals surface area contributed by atoms with Crippen molar-refractivity contribution in [1.82, 2.24) is 0 Å². The third kappa shape index (κ3) is 9.92. The summed E-state index contributed by atoms with van der Waals surface area (Å²) in [5.74, 6) is 0. The lowest BCUT2D eigenvalue weighted by Gasteiger charge is -2.14. The Labute approximate surface area is 85.8 Å². The van der Waals surface area contributed by atoms with Crippen LogP contribution in [0.5, 0.6) is 0 Å². The number of hydrogen-bond acceptors (Lipinski definition) is 4. The van der Waals surface area contributed by atoms with Crippen molar-refractivity contribution in [1.29, 1.82) is 0 Å². The second kappa shape index (κ2) is 8.17. The first-order valence-electron chi connectivity index (χ1n) is 5.07. The largest absolute Gasteiger partial charge is 0.393 e. The summed E-state index contributed by atoms with van der Waals surface area (Å²) in [7, 11) is 0. The van der Waals surface area contributed by atoms with E-state index >= 15 is 0 Å². The van der Waals surface area contributed by atoms with Gasteiger partial charge in [0.15, 0.2) is 0 Å².